The number of aliphatic hydroxyl groups is 1. The summed E-state index contributed by atoms with van der Waals surface area (Å²) in [6.07, 6.45) is 4.39. The zero-order valence-corrected chi connectivity index (χ0v) is 4.93. The molecule has 1 unspecified atom stereocenters. The first-order valence-corrected chi connectivity index (χ1v) is 3.09. The summed E-state index contributed by atoms with van der Waals surface area (Å²) in [5, 5.41) is 11.8. The van der Waals surface area contributed by atoms with Gasteiger partial charge < -0.3 is 10.4 Å². The van der Waals surface area contributed by atoms with Crippen LogP contribution >= 0.6 is 0 Å². The van der Waals surface area contributed by atoms with Gasteiger partial charge in [0.1, 0.15) is 0 Å². The third-order valence-electron chi connectivity index (χ3n) is 1.45. The van der Waals surface area contributed by atoms with E-state index in [4.69, 9.17) is 5.11 Å². The Labute approximate surface area is 49.9 Å². The zero-order valence-electron chi connectivity index (χ0n) is 4.93. The Bertz CT molecular complexity index is 59.5. The highest BCUT2D eigenvalue weighted by atomic mass is 16.3. The van der Waals surface area contributed by atoms with Gasteiger partial charge in [-0.3, -0.25) is 0 Å². The van der Waals surface area contributed by atoms with E-state index in [-0.39, 0.29) is 6.61 Å². The fraction of sp³-hybridized carbons (Fsp3) is 0.833. The molecule has 1 radical (unpaired) electrons. The van der Waals surface area contributed by atoms with Crippen molar-refractivity contribution in [2.45, 2.75) is 18.9 Å². The van der Waals surface area contributed by atoms with Crippen LogP contribution in [0.5, 0.6) is 0 Å². The van der Waals surface area contributed by atoms with Crippen LogP contribution in [0.4, 0.5) is 0 Å². The van der Waals surface area contributed by atoms with Crippen molar-refractivity contribution in [1.29, 1.82) is 0 Å². The van der Waals surface area contributed by atoms with Gasteiger partial charge in [-0.15, -0.1) is 0 Å². The van der Waals surface area contributed by atoms with E-state index in [2.05, 4.69) is 11.7 Å². The van der Waals surface area contributed by atoms with Crippen molar-refractivity contribution in [2.24, 2.45) is 0 Å². The lowest BCUT2D eigenvalue weighted by atomic mass is 10.1. The van der Waals surface area contributed by atoms with E-state index < -0.39 is 0 Å². The summed E-state index contributed by atoms with van der Waals surface area (Å²) < 4.78 is 0. The molecule has 2 nitrogen and oxygen atoms in total. The minimum atomic E-state index is 0.274. The molecule has 2 heteroatoms. The molecule has 1 aliphatic rings. The fourth-order valence-electron chi connectivity index (χ4n) is 0.931. The van der Waals surface area contributed by atoms with Gasteiger partial charge in [0.05, 0.1) is 6.61 Å². The maximum atomic E-state index is 8.61. The molecular formula is C6H12NO. The van der Waals surface area contributed by atoms with E-state index >= 15 is 0 Å². The van der Waals surface area contributed by atoms with E-state index in [1.165, 1.54) is 0 Å². The molecule has 47 valence electrons. The largest absolute Gasteiger partial charge is 0.395 e. The molecule has 1 aliphatic heterocycles. The van der Waals surface area contributed by atoms with Crippen LogP contribution in [0.2, 0.25) is 0 Å². The lowest BCUT2D eigenvalue weighted by molar-refractivity contribution is 0.233. The smallest absolute Gasteiger partial charge is 0.0584 e. The second kappa shape index (κ2) is 3.05. The molecule has 0 aromatic rings. The summed E-state index contributed by atoms with van der Waals surface area (Å²) in [6.45, 7) is 1.31. The summed E-state index contributed by atoms with van der Waals surface area (Å²) >= 11 is 0. The monoisotopic (exact) mass is 114 g/mol. The fourth-order valence-corrected chi connectivity index (χ4v) is 0.931. The Morgan fingerprint density at radius 3 is 3.00 bits per heavy atom. The van der Waals surface area contributed by atoms with Crippen molar-refractivity contribution < 1.29 is 5.11 Å². The van der Waals surface area contributed by atoms with Crippen LogP contribution in [0.1, 0.15) is 12.8 Å². The standard InChI is InChI=1S/C6H12NO/c8-5-6-3-1-2-4-7-6/h1,6-8H,2-5H2. The van der Waals surface area contributed by atoms with E-state index in [0.717, 1.165) is 19.4 Å². The summed E-state index contributed by atoms with van der Waals surface area (Å²) in [6, 6.07) is 0.337. The number of hydrogen-bond acceptors (Lipinski definition) is 2. The Morgan fingerprint density at radius 2 is 2.62 bits per heavy atom. The van der Waals surface area contributed by atoms with Gasteiger partial charge in [-0.05, 0) is 25.8 Å². The normalized spacial score (nSPS) is 30.4. The number of piperidine rings is 1. The van der Waals surface area contributed by atoms with Crippen molar-refractivity contribution in [3.05, 3.63) is 6.42 Å². The van der Waals surface area contributed by atoms with Crippen molar-refractivity contribution in [3.8, 4) is 0 Å². The van der Waals surface area contributed by atoms with E-state index in [1.807, 2.05) is 0 Å². The average molecular weight is 114 g/mol. The van der Waals surface area contributed by atoms with Crippen molar-refractivity contribution in [3.63, 3.8) is 0 Å². The van der Waals surface area contributed by atoms with E-state index in [9.17, 15) is 0 Å². The average Bonchev–Trinajstić information content (AvgIpc) is 1.90. The number of aliphatic hydroxyl groups excluding tert-OH is 1. The van der Waals surface area contributed by atoms with Crippen LogP contribution < -0.4 is 5.32 Å². The predicted molar refractivity (Wildman–Crippen MR) is 32.4 cm³/mol. The molecule has 0 amide bonds. The number of hydrogen-bond donors (Lipinski definition) is 2. The summed E-state index contributed by atoms with van der Waals surface area (Å²) in [5.74, 6) is 0. The van der Waals surface area contributed by atoms with E-state index in [0.29, 0.717) is 6.04 Å². The summed E-state index contributed by atoms with van der Waals surface area (Å²) in [5.41, 5.74) is 0. The van der Waals surface area contributed by atoms with Gasteiger partial charge in [0.2, 0.25) is 0 Å². The van der Waals surface area contributed by atoms with Gasteiger partial charge >= 0.3 is 0 Å². The Kier molecular flexibility index (Phi) is 2.30. The third kappa shape index (κ3) is 1.46. The van der Waals surface area contributed by atoms with Crippen LogP contribution in [-0.4, -0.2) is 24.3 Å². The minimum Gasteiger partial charge on any atom is -0.395 e. The van der Waals surface area contributed by atoms with Crippen molar-refractivity contribution in [2.75, 3.05) is 13.2 Å². The molecular weight excluding hydrogens is 102 g/mol. The first-order valence-electron chi connectivity index (χ1n) is 3.09. The lowest BCUT2D eigenvalue weighted by Crippen LogP contribution is -2.36. The molecule has 0 aromatic carbocycles. The molecule has 1 fully saturated rings. The SMILES string of the molecule is OCC1C[CH]CCN1. The predicted octanol–water partition coefficient (Wildman–Crippen LogP) is -0.0650. The lowest BCUT2D eigenvalue weighted by Gasteiger charge is -2.20. The van der Waals surface area contributed by atoms with Crippen LogP contribution in [0.15, 0.2) is 0 Å². The molecule has 0 bridgehead atoms. The second-order valence-corrected chi connectivity index (χ2v) is 2.15. The summed E-state index contributed by atoms with van der Waals surface area (Å²) in [4.78, 5) is 0. The van der Waals surface area contributed by atoms with Crippen molar-refractivity contribution in [1.82, 2.24) is 5.32 Å². The highest BCUT2D eigenvalue weighted by Crippen LogP contribution is 2.03. The van der Waals surface area contributed by atoms with Gasteiger partial charge in [-0.1, -0.05) is 0 Å². The van der Waals surface area contributed by atoms with Crippen LogP contribution in [0, 0.1) is 6.42 Å². The van der Waals surface area contributed by atoms with E-state index in [1.54, 1.807) is 0 Å². The first-order chi connectivity index (χ1) is 3.93. The van der Waals surface area contributed by atoms with Gasteiger partial charge in [0, 0.05) is 6.04 Å². The highest BCUT2D eigenvalue weighted by molar-refractivity contribution is 4.81. The topological polar surface area (TPSA) is 32.3 Å². The molecule has 1 heterocycles. The molecule has 0 aliphatic carbocycles. The van der Waals surface area contributed by atoms with Crippen LogP contribution in [0.3, 0.4) is 0 Å². The van der Waals surface area contributed by atoms with Crippen LogP contribution in [0.25, 0.3) is 0 Å². The highest BCUT2D eigenvalue weighted by Gasteiger charge is 2.09. The quantitative estimate of drug-likeness (QED) is 0.500. The molecule has 1 saturated heterocycles. The van der Waals surface area contributed by atoms with Gasteiger partial charge in [0.25, 0.3) is 0 Å². The molecule has 2 N–H and O–H groups in total. The Hall–Kier alpha value is -0.0800. The second-order valence-electron chi connectivity index (χ2n) is 2.15. The summed E-state index contributed by atoms with van der Waals surface area (Å²) in [7, 11) is 0. The van der Waals surface area contributed by atoms with Crippen molar-refractivity contribution >= 4 is 0 Å². The molecule has 0 aromatic heterocycles. The molecule has 0 saturated carbocycles. The molecule has 1 atom stereocenters. The maximum absolute atomic E-state index is 8.61. The van der Waals surface area contributed by atoms with Gasteiger partial charge in [0.15, 0.2) is 0 Å². The number of rotatable bonds is 1. The molecule has 8 heavy (non-hydrogen) atoms. The molecule has 1 rings (SSSR count). The Balaban J connectivity index is 2.13. The van der Waals surface area contributed by atoms with Gasteiger partial charge in [-0.25, -0.2) is 0 Å². The maximum Gasteiger partial charge on any atom is 0.0584 e. The van der Waals surface area contributed by atoms with Crippen LogP contribution in [-0.2, 0) is 0 Å². The number of nitrogens with one attached hydrogen (secondary N) is 1. The first kappa shape index (κ1) is 6.05. The third-order valence-corrected chi connectivity index (χ3v) is 1.45. The molecule has 0 spiro atoms. The minimum absolute atomic E-state index is 0.274. The zero-order chi connectivity index (χ0) is 5.82. The Morgan fingerprint density at radius 1 is 1.75 bits per heavy atom. The van der Waals surface area contributed by atoms with Gasteiger partial charge in [-0.2, -0.15) is 0 Å².